The van der Waals surface area contributed by atoms with Crippen LogP contribution in [-0.4, -0.2) is 5.54 Å². The van der Waals surface area contributed by atoms with Crippen molar-refractivity contribution in [1.29, 1.82) is 0 Å². The molecular weight excluding hydrogens is 438 g/mol. The van der Waals surface area contributed by atoms with Gasteiger partial charge in [-0.3, -0.25) is 0 Å². The van der Waals surface area contributed by atoms with Crippen molar-refractivity contribution in [2.24, 2.45) is 5.18 Å². The second kappa shape index (κ2) is 29.2. The Morgan fingerprint density at radius 3 is 0.750 bits per heavy atom. The highest BCUT2D eigenvalue weighted by Gasteiger charge is 2.23. The summed E-state index contributed by atoms with van der Waals surface area (Å²) in [5.41, 5.74) is -0.311. The number of hydrogen-bond acceptors (Lipinski definition) is 2. The van der Waals surface area contributed by atoms with Gasteiger partial charge in [0.15, 0.2) is 0 Å². The van der Waals surface area contributed by atoms with E-state index in [1.165, 1.54) is 180 Å². The molecule has 0 radical (unpaired) electrons. The second-order valence-electron chi connectivity index (χ2n) is 12.3. The van der Waals surface area contributed by atoms with Gasteiger partial charge < -0.3 is 0 Å². The fourth-order valence-corrected chi connectivity index (χ4v) is 5.62. The average molecular weight is 508 g/mol. The van der Waals surface area contributed by atoms with E-state index in [0.29, 0.717) is 0 Å². The van der Waals surface area contributed by atoms with Crippen LogP contribution in [0.3, 0.4) is 0 Å². The van der Waals surface area contributed by atoms with Crippen molar-refractivity contribution in [3.8, 4) is 0 Å². The Labute approximate surface area is 228 Å². The molecule has 0 saturated heterocycles. The zero-order valence-corrected chi connectivity index (χ0v) is 25.6. The maximum atomic E-state index is 11.5. The number of nitroso groups, excluding NO2 is 1. The molecule has 0 saturated carbocycles. The molecule has 0 fully saturated rings. The first-order valence-electron chi connectivity index (χ1n) is 17.0. The van der Waals surface area contributed by atoms with Crippen LogP contribution < -0.4 is 0 Å². The molecule has 0 bridgehead atoms. The molecule has 0 heterocycles. The van der Waals surface area contributed by atoms with Crippen LogP contribution in [0, 0.1) is 4.91 Å². The fraction of sp³-hybridized carbons (Fsp3) is 1.00. The molecule has 0 aliphatic heterocycles. The van der Waals surface area contributed by atoms with Gasteiger partial charge in [0.2, 0.25) is 0 Å². The SMILES string of the molecule is CCCCCCCCCCCCCCCCC(C)(CCCCCCCCCCCCCCCC)N=O. The molecule has 0 rings (SSSR count). The summed E-state index contributed by atoms with van der Waals surface area (Å²) in [6.45, 7) is 6.68. The van der Waals surface area contributed by atoms with E-state index < -0.39 is 0 Å². The molecule has 216 valence electrons. The number of hydrogen-bond donors (Lipinski definition) is 0. The van der Waals surface area contributed by atoms with E-state index in [1.807, 2.05) is 0 Å². The van der Waals surface area contributed by atoms with E-state index in [1.54, 1.807) is 0 Å². The third-order valence-corrected chi connectivity index (χ3v) is 8.36. The molecule has 0 atom stereocenters. The maximum Gasteiger partial charge on any atom is 0.0998 e. The van der Waals surface area contributed by atoms with Gasteiger partial charge in [-0.2, -0.15) is 4.91 Å². The van der Waals surface area contributed by atoms with Crippen molar-refractivity contribution in [1.82, 2.24) is 0 Å². The Morgan fingerprint density at radius 2 is 0.556 bits per heavy atom. The summed E-state index contributed by atoms with van der Waals surface area (Å²) in [6, 6.07) is 0. The summed E-state index contributed by atoms with van der Waals surface area (Å²) < 4.78 is 0. The topological polar surface area (TPSA) is 29.4 Å². The number of unbranched alkanes of at least 4 members (excludes halogenated alkanes) is 26. The first-order chi connectivity index (χ1) is 17.7. The molecule has 36 heavy (non-hydrogen) atoms. The van der Waals surface area contributed by atoms with Crippen LogP contribution in [0.4, 0.5) is 0 Å². The van der Waals surface area contributed by atoms with Gasteiger partial charge in [0.25, 0.3) is 0 Å². The van der Waals surface area contributed by atoms with Crippen LogP contribution in [-0.2, 0) is 0 Å². The lowest BCUT2D eigenvalue weighted by Crippen LogP contribution is -2.21. The smallest absolute Gasteiger partial charge is 0.0998 e. The molecule has 0 spiro atoms. The van der Waals surface area contributed by atoms with Gasteiger partial charge in [-0.05, 0) is 19.8 Å². The largest absolute Gasteiger partial charge is 0.150 e. The molecule has 2 nitrogen and oxygen atoms in total. The maximum absolute atomic E-state index is 11.5. The standard InChI is InChI=1S/C34H69NO/c1-4-6-8-10-12-14-16-18-20-22-24-26-28-30-32-34(3,35-36)33-31-29-27-25-23-21-19-17-15-13-11-9-7-5-2/h4-33H2,1-3H3. The summed E-state index contributed by atoms with van der Waals surface area (Å²) in [4.78, 5) is 11.5. The van der Waals surface area contributed by atoms with Gasteiger partial charge in [-0.15, -0.1) is 0 Å². The summed E-state index contributed by atoms with van der Waals surface area (Å²) in [6.07, 6.45) is 40.8. The lowest BCUT2D eigenvalue weighted by molar-refractivity contribution is 0.363. The molecule has 0 amide bonds. The molecule has 0 unspecified atom stereocenters. The van der Waals surface area contributed by atoms with Crippen molar-refractivity contribution in [3.63, 3.8) is 0 Å². The molecule has 0 aliphatic carbocycles. The molecule has 0 N–H and O–H groups in total. The Balaban J connectivity index is 3.41. The van der Waals surface area contributed by atoms with Crippen LogP contribution in [0.25, 0.3) is 0 Å². The van der Waals surface area contributed by atoms with Crippen LogP contribution in [0.15, 0.2) is 5.18 Å². The van der Waals surface area contributed by atoms with Gasteiger partial charge in [-0.25, -0.2) is 0 Å². The van der Waals surface area contributed by atoms with Crippen molar-refractivity contribution in [2.45, 2.75) is 219 Å². The zero-order chi connectivity index (χ0) is 26.4. The van der Waals surface area contributed by atoms with E-state index in [0.717, 1.165) is 12.8 Å². The fourth-order valence-electron chi connectivity index (χ4n) is 5.62. The van der Waals surface area contributed by atoms with E-state index in [-0.39, 0.29) is 5.54 Å². The Bertz CT molecular complexity index is 389. The van der Waals surface area contributed by atoms with Gasteiger partial charge in [0.05, 0.1) is 5.54 Å². The Hall–Kier alpha value is -0.400. The van der Waals surface area contributed by atoms with E-state index in [2.05, 4.69) is 25.9 Å². The van der Waals surface area contributed by atoms with Crippen molar-refractivity contribution < 1.29 is 0 Å². The van der Waals surface area contributed by atoms with Gasteiger partial charge in [0.1, 0.15) is 0 Å². The average Bonchev–Trinajstić information content (AvgIpc) is 2.89. The molecule has 0 aromatic carbocycles. The van der Waals surface area contributed by atoms with Crippen LogP contribution in [0.2, 0.25) is 0 Å². The minimum absolute atomic E-state index is 0.311. The van der Waals surface area contributed by atoms with Gasteiger partial charge >= 0.3 is 0 Å². The zero-order valence-electron chi connectivity index (χ0n) is 25.6. The van der Waals surface area contributed by atoms with Crippen LogP contribution >= 0.6 is 0 Å². The van der Waals surface area contributed by atoms with Crippen molar-refractivity contribution >= 4 is 0 Å². The third kappa shape index (κ3) is 26.7. The number of rotatable bonds is 31. The molecule has 0 aliphatic rings. The van der Waals surface area contributed by atoms with E-state index in [9.17, 15) is 4.91 Å². The van der Waals surface area contributed by atoms with Crippen molar-refractivity contribution in [2.75, 3.05) is 0 Å². The molecule has 0 aromatic rings. The first kappa shape index (κ1) is 35.6. The number of nitrogens with zero attached hydrogens (tertiary/aromatic N) is 1. The van der Waals surface area contributed by atoms with Gasteiger partial charge in [0, 0.05) is 0 Å². The predicted octanol–water partition coefficient (Wildman–Crippen LogP) is 13.3. The van der Waals surface area contributed by atoms with E-state index >= 15 is 0 Å². The minimum atomic E-state index is -0.311. The summed E-state index contributed by atoms with van der Waals surface area (Å²) in [5.74, 6) is 0. The van der Waals surface area contributed by atoms with Crippen LogP contribution in [0.5, 0.6) is 0 Å². The quantitative estimate of drug-likeness (QED) is 0.0677. The molecule has 0 aromatic heterocycles. The Kier molecular flexibility index (Phi) is 28.8. The lowest BCUT2D eigenvalue weighted by atomic mass is 9.89. The Morgan fingerprint density at radius 1 is 0.361 bits per heavy atom. The molecular formula is C34H69NO. The third-order valence-electron chi connectivity index (χ3n) is 8.36. The minimum Gasteiger partial charge on any atom is -0.150 e. The summed E-state index contributed by atoms with van der Waals surface area (Å²) in [7, 11) is 0. The predicted molar refractivity (Wildman–Crippen MR) is 164 cm³/mol. The highest BCUT2D eigenvalue weighted by Crippen LogP contribution is 2.27. The van der Waals surface area contributed by atoms with E-state index in [4.69, 9.17) is 0 Å². The summed E-state index contributed by atoms with van der Waals surface area (Å²) >= 11 is 0. The lowest BCUT2D eigenvalue weighted by Gasteiger charge is -2.21. The van der Waals surface area contributed by atoms with Crippen LogP contribution in [0.1, 0.15) is 213 Å². The second-order valence-corrected chi connectivity index (χ2v) is 12.3. The highest BCUT2D eigenvalue weighted by molar-refractivity contribution is 4.82. The van der Waals surface area contributed by atoms with Gasteiger partial charge in [-0.1, -0.05) is 199 Å². The molecule has 2 heteroatoms. The first-order valence-corrected chi connectivity index (χ1v) is 17.0. The summed E-state index contributed by atoms with van der Waals surface area (Å²) in [5, 5.41) is 3.57. The normalized spacial score (nSPS) is 11.9. The highest BCUT2D eigenvalue weighted by atomic mass is 16.3. The van der Waals surface area contributed by atoms with Crippen molar-refractivity contribution in [3.05, 3.63) is 4.91 Å². The monoisotopic (exact) mass is 508 g/mol.